The highest BCUT2D eigenvalue weighted by molar-refractivity contribution is 4.87. The topological polar surface area (TPSA) is 0 Å². The van der Waals surface area contributed by atoms with Gasteiger partial charge in [0.1, 0.15) is 0 Å². The lowest BCUT2D eigenvalue weighted by molar-refractivity contribution is 0.0748. The molecule has 0 spiro atoms. The molecule has 6 saturated carbocycles. The summed E-state index contributed by atoms with van der Waals surface area (Å²) in [6.45, 7) is 4.91. The largest absolute Gasteiger partial charge is 0.0651 e. The molecule has 6 rings (SSSR count). The maximum absolute atomic E-state index is 2.46. The average molecular weight is 277 g/mol. The maximum atomic E-state index is 2.46. The molecule has 4 bridgehead atoms. The molecule has 0 radical (unpaired) electrons. The minimum atomic E-state index is 1.06. The molecule has 0 aliphatic heterocycles. The number of hydrogen-bond donors (Lipinski definition) is 0. The van der Waals surface area contributed by atoms with Crippen LogP contribution in [0.2, 0.25) is 0 Å². The zero-order valence-electron chi connectivity index (χ0n) is 13.9. The van der Waals surface area contributed by atoms with Gasteiger partial charge in [-0.05, 0) is 61.2 Å². The van der Waals surface area contributed by atoms with Crippen LogP contribution < -0.4 is 0 Å². The van der Waals surface area contributed by atoms with Gasteiger partial charge in [0.25, 0.3) is 0 Å². The molecule has 0 aromatic heterocycles. The van der Waals surface area contributed by atoms with Gasteiger partial charge in [-0.25, -0.2) is 0 Å². The fourth-order valence-corrected chi connectivity index (χ4v) is 6.04. The normalized spacial score (nSPS) is 45.9. The van der Waals surface area contributed by atoms with Gasteiger partial charge < -0.3 is 0 Å². The molecule has 0 heterocycles. The molecule has 6 fully saturated rings. The van der Waals surface area contributed by atoms with Gasteiger partial charge in [0.2, 0.25) is 0 Å². The van der Waals surface area contributed by atoms with Gasteiger partial charge in [0.05, 0.1) is 0 Å². The molecule has 0 nitrogen and oxygen atoms in total. The third-order valence-corrected chi connectivity index (χ3v) is 7.33. The van der Waals surface area contributed by atoms with Crippen molar-refractivity contribution >= 4 is 0 Å². The lowest BCUT2D eigenvalue weighted by Crippen LogP contribution is -2.32. The van der Waals surface area contributed by atoms with E-state index in [-0.39, 0.29) is 0 Å². The van der Waals surface area contributed by atoms with Gasteiger partial charge in [-0.3, -0.25) is 0 Å². The summed E-state index contributed by atoms with van der Waals surface area (Å²) in [7, 11) is 0. The standard InChI is InChI=1S/C20H36/c1-3-15-11-17-7-5-8-18(12-15)20-10-6-9-19(17)13-16(4-2)14-20/h15-20H,3-14H2,1-2H3. The second kappa shape index (κ2) is 6.84. The summed E-state index contributed by atoms with van der Waals surface area (Å²) in [4.78, 5) is 0. The quantitative estimate of drug-likeness (QED) is 0.544. The Hall–Kier alpha value is 0. The van der Waals surface area contributed by atoms with Crippen LogP contribution in [0.25, 0.3) is 0 Å². The Morgan fingerprint density at radius 3 is 1.10 bits per heavy atom. The Morgan fingerprint density at radius 1 is 0.550 bits per heavy atom. The predicted octanol–water partition coefficient (Wildman–Crippen LogP) is 6.45. The smallest absolute Gasteiger partial charge is 0.0383 e. The Kier molecular flexibility index (Phi) is 5.10. The summed E-state index contributed by atoms with van der Waals surface area (Å²) in [5, 5.41) is 0. The van der Waals surface area contributed by atoms with Crippen molar-refractivity contribution in [1.29, 1.82) is 0 Å². The van der Waals surface area contributed by atoms with Crippen molar-refractivity contribution in [3.63, 3.8) is 0 Å². The van der Waals surface area contributed by atoms with Gasteiger partial charge in [0, 0.05) is 0 Å². The zero-order chi connectivity index (χ0) is 13.9. The summed E-state index contributed by atoms with van der Waals surface area (Å²) in [6.07, 6.45) is 18.6. The van der Waals surface area contributed by atoms with Gasteiger partial charge in [-0.1, -0.05) is 65.2 Å². The number of hydrogen-bond acceptors (Lipinski definition) is 0. The third kappa shape index (κ3) is 3.25. The SMILES string of the molecule is CCC1CC2CCCC(C1)C1CCCC2CC(CC)C1. The zero-order valence-corrected chi connectivity index (χ0v) is 13.9. The van der Waals surface area contributed by atoms with Crippen molar-refractivity contribution in [1.82, 2.24) is 0 Å². The summed E-state index contributed by atoms with van der Waals surface area (Å²) >= 11 is 0. The second-order valence-electron chi connectivity index (χ2n) is 8.39. The molecule has 0 amide bonds. The van der Waals surface area contributed by atoms with E-state index in [1.165, 1.54) is 12.8 Å². The van der Waals surface area contributed by atoms with Crippen molar-refractivity contribution in [2.24, 2.45) is 35.5 Å². The van der Waals surface area contributed by atoms with E-state index in [1.54, 1.807) is 64.2 Å². The molecule has 4 atom stereocenters. The van der Waals surface area contributed by atoms with Crippen molar-refractivity contribution in [2.75, 3.05) is 0 Å². The highest BCUT2D eigenvalue weighted by Gasteiger charge is 2.36. The monoisotopic (exact) mass is 276 g/mol. The van der Waals surface area contributed by atoms with Gasteiger partial charge in [-0.2, -0.15) is 0 Å². The van der Waals surface area contributed by atoms with Crippen LogP contribution >= 0.6 is 0 Å². The lowest BCUT2D eigenvalue weighted by atomic mass is 9.62. The molecule has 6 aliphatic carbocycles. The van der Waals surface area contributed by atoms with Crippen LogP contribution in [0.3, 0.4) is 0 Å². The number of rotatable bonds is 2. The van der Waals surface area contributed by atoms with E-state index in [4.69, 9.17) is 0 Å². The van der Waals surface area contributed by atoms with Crippen LogP contribution in [0.1, 0.15) is 90.9 Å². The first-order chi connectivity index (χ1) is 9.80. The molecule has 4 unspecified atom stereocenters. The highest BCUT2D eigenvalue weighted by Crippen LogP contribution is 2.48. The van der Waals surface area contributed by atoms with Crippen LogP contribution in [-0.2, 0) is 0 Å². The van der Waals surface area contributed by atoms with E-state index < -0.39 is 0 Å². The lowest BCUT2D eigenvalue weighted by Gasteiger charge is -2.44. The van der Waals surface area contributed by atoms with Gasteiger partial charge in [-0.15, -0.1) is 0 Å². The van der Waals surface area contributed by atoms with Gasteiger partial charge in [0.15, 0.2) is 0 Å². The van der Waals surface area contributed by atoms with Crippen LogP contribution in [0.15, 0.2) is 0 Å². The molecule has 116 valence electrons. The maximum Gasteiger partial charge on any atom is -0.0383 e. The fraction of sp³-hybridized carbons (Fsp3) is 1.00. The second-order valence-corrected chi connectivity index (χ2v) is 8.39. The third-order valence-electron chi connectivity index (χ3n) is 7.33. The van der Waals surface area contributed by atoms with E-state index in [2.05, 4.69) is 13.8 Å². The van der Waals surface area contributed by atoms with E-state index in [0.29, 0.717) is 0 Å². The van der Waals surface area contributed by atoms with Crippen molar-refractivity contribution < 1.29 is 0 Å². The molecule has 20 heavy (non-hydrogen) atoms. The first-order valence-corrected chi connectivity index (χ1v) is 9.80. The molecule has 0 saturated heterocycles. The summed E-state index contributed by atoms with van der Waals surface area (Å²) in [6, 6.07) is 0. The Balaban J connectivity index is 1.88. The van der Waals surface area contributed by atoms with Gasteiger partial charge >= 0.3 is 0 Å². The highest BCUT2D eigenvalue weighted by atomic mass is 14.4. The van der Waals surface area contributed by atoms with E-state index >= 15 is 0 Å². The van der Waals surface area contributed by atoms with E-state index in [0.717, 1.165) is 35.5 Å². The summed E-state index contributed by atoms with van der Waals surface area (Å²) in [5.74, 6) is 6.47. The molecule has 0 N–H and O–H groups in total. The summed E-state index contributed by atoms with van der Waals surface area (Å²) < 4.78 is 0. The minimum Gasteiger partial charge on any atom is -0.0651 e. The van der Waals surface area contributed by atoms with Crippen molar-refractivity contribution in [3.05, 3.63) is 0 Å². The Morgan fingerprint density at radius 2 is 0.850 bits per heavy atom. The van der Waals surface area contributed by atoms with Crippen LogP contribution in [0, 0.1) is 35.5 Å². The first-order valence-electron chi connectivity index (χ1n) is 9.80. The van der Waals surface area contributed by atoms with Crippen LogP contribution in [0.4, 0.5) is 0 Å². The first kappa shape index (κ1) is 14.9. The molecule has 0 heteroatoms. The predicted molar refractivity (Wildman–Crippen MR) is 87.7 cm³/mol. The molecule has 6 aliphatic rings. The Labute approximate surface area is 127 Å². The Bertz CT molecular complexity index is 240. The molecule has 0 aromatic rings. The summed E-state index contributed by atoms with van der Waals surface area (Å²) in [5.41, 5.74) is 0. The minimum absolute atomic E-state index is 1.06. The fourth-order valence-electron chi connectivity index (χ4n) is 6.04. The molecular formula is C20H36. The van der Waals surface area contributed by atoms with Crippen molar-refractivity contribution in [2.45, 2.75) is 90.9 Å². The van der Waals surface area contributed by atoms with E-state index in [9.17, 15) is 0 Å². The van der Waals surface area contributed by atoms with E-state index in [1.807, 2.05) is 0 Å². The molecule has 0 aromatic carbocycles. The van der Waals surface area contributed by atoms with Crippen LogP contribution in [0.5, 0.6) is 0 Å². The van der Waals surface area contributed by atoms with Crippen molar-refractivity contribution in [3.8, 4) is 0 Å². The molecular weight excluding hydrogens is 240 g/mol. The average Bonchev–Trinajstić information content (AvgIpc) is 2.42. The van der Waals surface area contributed by atoms with Crippen LogP contribution in [-0.4, -0.2) is 0 Å².